The molecule has 1 aromatic rings. The van der Waals surface area contributed by atoms with Crippen LogP contribution in [-0.2, 0) is 14.6 Å². The summed E-state index contributed by atoms with van der Waals surface area (Å²) in [7, 11) is -3.12. The van der Waals surface area contributed by atoms with Crippen LogP contribution in [0.1, 0.15) is 35.2 Å². The minimum absolute atomic E-state index is 0.0540. The normalized spacial score (nSPS) is 22.5. The van der Waals surface area contributed by atoms with Crippen molar-refractivity contribution in [1.82, 2.24) is 4.90 Å². The van der Waals surface area contributed by atoms with Gasteiger partial charge in [-0.05, 0) is 37.8 Å². The Balaban J connectivity index is 1.82. The van der Waals surface area contributed by atoms with E-state index in [9.17, 15) is 18.0 Å². The van der Waals surface area contributed by atoms with Crippen LogP contribution < -0.4 is 5.32 Å². The second-order valence-electron chi connectivity index (χ2n) is 6.59. The number of nitrogens with zero attached hydrogens (tertiary/aromatic N) is 1. The molecule has 1 unspecified atom stereocenters. The average molecular weight is 350 g/mol. The van der Waals surface area contributed by atoms with Crippen molar-refractivity contribution in [3.63, 3.8) is 0 Å². The highest BCUT2D eigenvalue weighted by Gasteiger charge is 2.33. The second-order valence-corrected chi connectivity index (χ2v) is 8.81. The summed E-state index contributed by atoms with van der Waals surface area (Å²) >= 11 is 0. The van der Waals surface area contributed by atoms with Crippen LogP contribution in [0.4, 0.5) is 5.69 Å². The van der Waals surface area contributed by atoms with Gasteiger partial charge in [-0.15, -0.1) is 0 Å². The molecule has 2 aliphatic rings. The second kappa shape index (κ2) is 6.55. The molecule has 1 N–H and O–H groups in total. The number of likely N-dealkylation sites (tertiary alicyclic amines) is 1. The highest BCUT2D eigenvalue weighted by molar-refractivity contribution is 7.91. The summed E-state index contributed by atoms with van der Waals surface area (Å²) in [6, 6.07) is 5.34. The van der Waals surface area contributed by atoms with Crippen molar-refractivity contribution in [3.8, 4) is 0 Å². The molecule has 7 heteroatoms. The fourth-order valence-electron chi connectivity index (χ4n) is 3.37. The SMILES string of the molecule is Cc1cccc(NC(=O)C2CCS(=O)(=O)C2)c1C(=O)N1CCCC1. The van der Waals surface area contributed by atoms with E-state index in [-0.39, 0.29) is 23.3 Å². The molecule has 0 radical (unpaired) electrons. The van der Waals surface area contributed by atoms with E-state index in [1.165, 1.54) is 0 Å². The Labute approximate surface area is 142 Å². The zero-order valence-corrected chi connectivity index (χ0v) is 14.6. The highest BCUT2D eigenvalue weighted by atomic mass is 32.2. The number of carbonyl (C=O) groups is 2. The number of hydrogen-bond acceptors (Lipinski definition) is 4. The molecule has 24 heavy (non-hydrogen) atoms. The lowest BCUT2D eigenvalue weighted by molar-refractivity contribution is -0.119. The van der Waals surface area contributed by atoms with Gasteiger partial charge in [-0.1, -0.05) is 12.1 Å². The number of hydrogen-bond donors (Lipinski definition) is 1. The van der Waals surface area contributed by atoms with E-state index in [4.69, 9.17) is 0 Å². The maximum absolute atomic E-state index is 12.8. The molecule has 2 saturated heterocycles. The molecule has 0 spiro atoms. The Kier molecular flexibility index (Phi) is 4.62. The molecule has 0 bridgehead atoms. The number of nitrogens with one attached hydrogen (secondary N) is 1. The zero-order valence-electron chi connectivity index (χ0n) is 13.7. The Morgan fingerprint density at radius 1 is 1.21 bits per heavy atom. The third-order valence-electron chi connectivity index (χ3n) is 4.74. The molecule has 2 amide bonds. The van der Waals surface area contributed by atoms with E-state index in [1.807, 2.05) is 13.0 Å². The van der Waals surface area contributed by atoms with Crippen molar-refractivity contribution in [3.05, 3.63) is 29.3 Å². The number of benzene rings is 1. The lowest BCUT2D eigenvalue weighted by atomic mass is 10.0. The molecular formula is C17H22N2O4S. The van der Waals surface area contributed by atoms with E-state index in [2.05, 4.69) is 5.32 Å². The van der Waals surface area contributed by atoms with Crippen LogP contribution in [0.5, 0.6) is 0 Å². The van der Waals surface area contributed by atoms with Gasteiger partial charge in [0.25, 0.3) is 5.91 Å². The van der Waals surface area contributed by atoms with Crippen LogP contribution in [-0.4, -0.2) is 49.7 Å². The van der Waals surface area contributed by atoms with Gasteiger partial charge in [0, 0.05) is 13.1 Å². The smallest absolute Gasteiger partial charge is 0.256 e. The van der Waals surface area contributed by atoms with Crippen LogP contribution in [0.25, 0.3) is 0 Å². The summed E-state index contributed by atoms with van der Waals surface area (Å²) in [4.78, 5) is 27.0. The van der Waals surface area contributed by atoms with Crippen LogP contribution in [0.15, 0.2) is 18.2 Å². The van der Waals surface area contributed by atoms with Gasteiger partial charge in [-0.2, -0.15) is 0 Å². The van der Waals surface area contributed by atoms with Crippen LogP contribution in [0, 0.1) is 12.8 Å². The van der Waals surface area contributed by atoms with Gasteiger partial charge in [0.05, 0.1) is 28.7 Å². The first-order valence-corrected chi connectivity index (χ1v) is 10.1. The van der Waals surface area contributed by atoms with E-state index in [1.54, 1.807) is 17.0 Å². The van der Waals surface area contributed by atoms with Crippen LogP contribution in [0.3, 0.4) is 0 Å². The number of carbonyl (C=O) groups excluding carboxylic acids is 2. The third-order valence-corrected chi connectivity index (χ3v) is 6.51. The first kappa shape index (κ1) is 17.0. The number of amides is 2. The van der Waals surface area contributed by atoms with E-state index >= 15 is 0 Å². The van der Waals surface area contributed by atoms with E-state index in [0.717, 1.165) is 31.5 Å². The largest absolute Gasteiger partial charge is 0.339 e. The van der Waals surface area contributed by atoms with Gasteiger partial charge in [0.1, 0.15) is 0 Å². The molecule has 1 atom stereocenters. The topological polar surface area (TPSA) is 83.5 Å². The minimum Gasteiger partial charge on any atom is -0.339 e. The molecule has 130 valence electrons. The predicted octanol–water partition coefficient (Wildman–Crippen LogP) is 1.60. The Morgan fingerprint density at radius 3 is 2.54 bits per heavy atom. The van der Waals surface area contributed by atoms with Gasteiger partial charge in [-0.3, -0.25) is 9.59 Å². The Morgan fingerprint density at radius 2 is 1.92 bits per heavy atom. The molecule has 0 aromatic heterocycles. The molecule has 2 aliphatic heterocycles. The number of rotatable bonds is 3. The predicted molar refractivity (Wildman–Crippen MR) is 91.7 cm³/mol. The summed E-state index contributed by atoms with van der Waals surface area (Å²) in [6.45, 7) is 3.32. The zero-order chi connectivity index (χ0) is 17.3. The van der Waals surface area contributed by atoms with Gasteiger partial charge >= 0.3 is 0 Å². The lowest BCUT2D eigenvalue weighted by Gasteiger charge is -2.20. The maximum atomic E-state index is 12.8. The fraction of sp³-hybridized carbons (Fsp3) is 0.529. The maximum Gasteiger partial charge on any atom is 0.256 e. The standard InChI is InChI=1S/C17H22N2O4S/c1-12-5-4-6-14(15(12)17(21)19-8-2-3-9-19)18-16(20)13-7-10-24(22,23)11-13/h4-6,13H,2-3,7-11H2,1H3,(H,18,20). The summed E-state index contributed by atoms with van der Waals surface area (Å²) in [5.74, 6) is -0.985. The van der Waals surface area contributed by atoms with E-state index < -0.39 is 15.8 Å². The average Bonchev–Trinajstić information content (AvgIpc) is 3.16. The van der Waals surface area contributed by atoms with Gasteiger partial charge in [0.15, 0.2) is 9.84 Å². The van der Waals surface area contributed by atoms with Crippen molar-refractivity contribution in [2.24, 2.45) is 5.92 Å². The first-order valence-electron chi connectivity index (χ1n) is 8.27. The van der Waals surface area contributed by atoms with E-state index in [0.29, 0.717) is 17.7 Å². The monoisotopic (exact) mass is 350 g/mol. The molecule has 2 heterocycles. The fourth-order valence-corrected chi connectivity index (χ4v) is 5.11. The first-order chi connectivity index (χ1) is 11.4. The number of sulfone groups is 1. The lowest BCUT2D eigenvalue weighted by Crippen LogP contribution is -2.30. The van der Waals surface area contributed by atoms with Crippen molar-refractivity contribution in [2.45, 2.75) is 26.2 Å². The van der Waals surface area contributed by atoms with Gasteiger partial charge < -0.3 is 10.2 Å². The summed E-state index contributed by atoms with van der Waals surface area (Å²) in [5.41, 5.74) is 1.79. The molecule has 1 aromatic carbocycles. The van der Waals surface area contributed by atoms with Gasteiger partial charge in [-0.25, -0.2) is 8.42 Å². The summed E-state index contributed by atoms with van der Waals surface area (Å²) < 4.78 is 23.1. The van der Waals surface area contributed by atoms with Crippen molar-refractivity contribution in [2.75, 3.05) is 29.9 Å². The van der Waals surface area contributed by atoms with Crippen LogP contribution in [0.2, 0.25) is 0 Å². The molecule has 3 rings (SSSR count). The molecule has 0 aliphatic carbocycles. The number of aryl methyl sites for hydroxylation is 1. The van der Waals surface area contributed by atoms with Crippen LogP contribution >= 0.6 is 0 Å². The quantitative estimate of drug-likeness (QED) is 0.897. The van der Waals surface area contributed by atoms with Crippen molar-refractivity contribution in [1.29, 1.82) is 0 Å². The third kappa shape index (κ3) is 3.45. The van der Waals surface area contributed by atoms with Gasteiger partial charge in [0.2, 0.25) is 5.91 Å². The number of anilines is 1. The van der Waals surface area contributed by atoms with Crippen molar-refractivity contribution < 1.29 is 18.0 Å². The van der Waals surface area contributed by atoms with Crippen molar-refractivity contribution >= 4 is 27.3 Å². The molecule has 2 fully saturated rings. The summed E-state index contributed by atoms with van der Waals surface area (Å²) in [6.07, 6.45) is 2.34. The Hall–Kier alpha value is -1.89. The molecule has 0 saturated carbocycles. The highest BCUT2D eigenvalue weighted by Crippen LogP contribution is 2.26. The summed E-state index contributed by atoms with van der Waals surface area (Å²) in [5, 5.41) is 2.78. The molecule has 6 nitrogen and oxygen atoms in total. The Bertz CT molecular complexity index is 767. The minimum atomic E-state index is -3.12. The molecular weight excluding hydrogens is 328 g/mol.